The molecular weight excluding hydrogens is 439 g/mol. The number of halogens is 1. The van der Waals surface area contributed by atoms with Gasteiger partial charge in [0.15, 0.2) is 28.8 Å². The van der Waals surface area contributed by atoms with E-state index in [1.165, 1.54) is 27.4 Å². The maximum absolute atomic E-state index is 12.7. The summed E-state index contributed by atoms with van der Waals surface area (Å²) in [6, 6.07) is 6.67. The molecule has 0 aliphatic rings. The van der Waals surface area contributed by atoms with Crippen LogP contribution < -0.4 is 18.9 Å². The van der Waals surface area contributed by atoms with E-state index in [2.05, 4.69) is 22.6 Å². The Morgan fingerprint density at radius 1 is 0.960 bits per heavy atom. The number of carbonyl (C=O) groups is 1. The van der Waals surface area contributed by atoms with E-state index in [1.54, 1.807) is 25.3 Å². The molecule has 0 aliphatic carbocycles. The van der Waals surface area contributed by atoms with Crippen LogP contribution in [0.3, 0.4) is 0 Å². The van der Waals surface area contributed by atoms with Crippen molar-refractivity contribution < 1.29 is 28.8 Å². The van der Waals surface area contributed by atoms with Gasteiger partial charge in [0.05, 0.1) is 34.0 Å². The van der Waals surface area contributed by atoms with E-state index < -0.39 is 0 Å². The van der Waals surface area contributed by atoms with Crippen LogP contribution in [0.25, 0.3) is 0 Å². The van der Waals surface area contributed by atoms with Crippen molar-refractivity contribution in [1.82, 2.24) is 0 Å². The Labute approximate surface area is 159 Å². The molecule has 0 radical (unpaired) electrons. The summed E-state index contributed by atoms with van der Waals surface area (Å²) < 4.78 is 21.7. The fourth-order valence-corrected chi connectivity index (χ4v) is 3.06. The molecule has 0 amide bonds. The van der Waals surface area contributed by atoms with E-state index in [1.807, 2.05) is 0 Å². The Morgan fingerprint density at radius 2 is 1.56 bits per heavy atom. The number of ketones is 1. The van der Waals surface area contributed by atoms with Crippen LogP contribution in [-0.4, -0.2) is 39.3 Å². The maximum Gasteiger partial charge on any atom is 0.203 e. The Bertz CT molecular complexity index is 788. The molecule has 2 aromatic carbocycles. The van der Waals surface area contributed by atoms with Crippen molar-refractivity contribution in [3.63, 3.8) is 0 Å². The minimum absolute atomic E-state index is 0.0989. The van der Waals surface area contributed by atoms with Gasteiger partial charge in [0.2, 0.25) is 5.75 Å². The second-order valence-electron chi connectivity index (χ2n) is 5.10. The molecule has 6 nitrogen and oxygen atoms in total. The molecule has 2 aromatic rings. The van der Waals surface area contributed by atoms with E-state index in [0.717, 1.165) is 9.13 Å². The van der Waals surface area contributed by atoms with Gasteiger partial charge >= 0.3 is 0 Å². The highest BCUT2D eigenvalue weighted by Crippen LogP contribution is 2.39. The minimum atomic E-state index is -0.247. The Hall–Kier alpha value is -2.16. The topological polar surface area (TPSA) is 74.2 Å². The molecule has 2 rings (SSSR count). The number of ether oxygens (including phenoxy) is 4. The minimum Gasteiger partial charge on any atom is -0.504 e. The number of benzene rings is 2. The van der Waals surface area contributed by atoms with Crippen molar-refractivity contribution in [2.75, 3.05) is 28.4 Å². The van der Waals surface area contributed by atoms with Crippen LogP contribution in [0, 0.1) is 3.57 Å². The Morgan fingerprint density at radius 3 is 2.12 bits per heavy atom. The van der Waals surface area contributed by atoms with Crippen LogP contribution in [0.1, 0.15) is 15.9 Å². The summed E-state index contributed by atoms with van der Waals surface area (Å²) in [6.45, 7) is 0. The highest BCUT2D eigenvalue weighted by molar-refractivity contribution is 14.1. The molecule has 25 heavy (non-hydrogen) atoms. The van der Waals surface area contributed by atoms with Gasteiger partial charge in [-0.15, -0.1) is 0 Å². The first kappa shape index (κ1) is 19.2. The SMILES string of the molecule is COc1cc(I)c(CC(=O)c2ccc(OC)c(OC)c2O)cc1OC. The number of phenolic OH excluding ortho intramolecular Hbond substituents is 1. The monoisotopic (exact) mass is 458 g/mol. The smallest absolute Gasteiger partial charge is 0.203 e. The molecule has 0 heterocycles. The van der Waals surface area contributed by atoms with Gasteiger partial charge < -0.3 is 24.1 Å². The van der Waals surface area contributed by atoms with Gasteiger partial charge in [0, 0.05) is 9.99 Å². The van der Waals surface area contributed by atoms with E-state index in [9.17, 15) is 9.90 Å². The molecule has 0 aliphatic heterocycles. The maximum atomic E-state index is 12.7. The second kappa shape index (κ2) is 8.28. The van der Waals surface area contributed by atoms with Crippen LogP contribution >= 0.6 is 22.6 Å². The summed E-state index contributed by atoms with van der Waals surface area (Å²) in [4.78, 5) is 12.7. The molecule has 1 N–H and O–H groups in total. The van der Waals surface area contributed by atoms with Crippen molar-refractivity contribution in [3.8, 4) is 28.7 Å². The largest absolute Gasteiger partial charge is 0.504 e. The predicted octanol–water partition coefficient (Wildman–Crippen LogP) is 3.46. The molecule has 0 bridgehead atoms. The fraction of sp³-hybridized carbons (Fsp3) is 0.278. The van der Waals surface area contributed by atoms with Gasteiger partial charge in [-0.2, -0.15) is 0 Å². The summed E-state index contributed by atoms with van der Waals surface area (Å²) >= 11 is 2.13. The Kier molecular flexibility index (Phi) is 6.35. The first-order valence-corrected chi connectivity index (χ1v) is 8.42. The molecule has 7 heteroatoms. The third-order valence-electron chi connectivity index (χ3n) is 3.72. The zero-order chi connectivity index (χ0) is 18.6. The normalized spacial score (nSPS) is 10.3. The lowest BCUT2D eigenvalue weighted by molar-refractivity contribution is 0.0989. The second-order valence-corrected chi connectivity index (χ2v) is 6.26. The third-order valence-corrected chi connectivity index (χ3v) is 4.73. The Balaban J connectivity index is 2.38. The average Bonchev–Trinajstić information content (AvgIpc) is 2.62. The van der Waals surface area contributed by atoms with Gasteiger partial charge in [0.1, 0.15) is 0 Å². The number of phenols is 1. The van der Waals surface area contributed by atoms with Crippen molar-refractivity contribution in [2.24, 2.45) is 0 Å². The molecule has 0 saturated carbocycles. The first-order valence-electron chi connectivity index (χ1n) is 7.34. The number of methoxy groups -OCH3 is 4. The lowest BCUT2D eigenvalue weighted by Gasteiger charge is -2.14. The summed E-state index contributed by atoms with van der Waals surface area (Å²) in [5.74, 6) is 1.15. The molecular formula is C18H19IO6. The van der Waals surface area contributed by atoms with E-state index in [0.29, 0.717) is 17.2 Å². The average molecular weight is 458 g/mol. The lowest BCUT2D eigenvalue weighted by Crippen LogP contribution is -2.07. The van der Waals surface area contributed by atoms with Crippen LogP contribution in [0.2, 0.25) is 0 Å². The standard InChI is InChI=1S/C18H19IO6/c1-22-14-6-5-11(17(21)18(14)25-4)13(20)7-10-8-15(23-2)16(24-3)9-12(10)19/h5-6,8-9,21H,7H2,1-4H3. The van der Waals surface area contributed by atoms with Crippen LogP contribution in [0.5, 0.6) is 28.7 Å². The number of rotatable bonds is 7. The number of hydrogen-bond donors (Lipinski definition) is 1. The van der Waals surface area contributed by atoms with Gasteiger partial charge in [-0.3, -0.25) is 4.79 Å². The summed E-state index contributed by atoms with van der Waals surface area (Å²) in [7, 11) is 5.96. The lowest BCUT2D eigenvalue weighted by atomic mass is 10.0. The van der Waals surface area contributed by atoms with Crippen LogP contribution in [-0.2, 0) is 6.42 Å². The number of Topliss-reactive ketones (excluding diaryl/α,β-unsaturated/α-hetero) is 1. The number of carbonyl (C=O) groups excluding carboxylic acids is 1. The summed E-state index contributed by atoms with van der Waals surface area (Å²) in [5.41, 5.74) is 0.945. The number of aromatic hydroxyl groups is 1. The van der Waals surface area contributed by atoms with Crippen LogP contribution in [0.15, 0.2) is 24.3 Å². The highest BCUT2D eigenvalue weighted by Gasteiger charge is 2.21. The van der Waals surface area contributed by atoms with Crippen molar-refractivity contribution in [3.05, 3.63) is 39.0 Å². The van der Waals surface area contributed by atoms with Gasteiger partial charge in [-0.25, -0.2) is 0 Å². The third kappa shape index (κ3) is 3.92. The van der Waals surface area contributed by atoms with E-state index in [4.69, 9.17) is 18.9 Å². The van der Waals surface area contributed by atoms with E-state index in [-0.39, 0.29) is 29.3 Å². The van der Waals surface area contributed by atoms with Crippen molar-refractivity contribution in [2.45, 2.75) is 6.42 Å². The molecule has 0 spiro atoms. The molecule has 0 saturated heterocycles. The first-order chi connectivity index (χ1) is 12.0. The molecule has 0 fully saturated rings. The molecule has 0 aromatic heterocycles. The molecule has 134 valence electrons. The number of hydrogen-bond acceptors (Lipinski definition) is 6. The van der Waals surface area contributed by atoms with Gasteiger partial charge in [-0.1, -0.05) is 0 Å². The molecule has 0 atom stereocenters. The highest BCUT2D eigenvalue weighted by atomic mass is 127. The quantitative estimate of drug-likeness (QED) is 0.506. The predicted molar refractivity (Wildman–Crippen MR) is 102 cm³/mol. The fourth-order valence-electron chi connectivity index (χ4n) is 2.44. The zero-order valence-corrected chi connectivity index (χ0v) is 16.5. The van der Waals surface area contributed by atoms with Crippen molar-refractivity contribution in [1.29, 1.82) is 0 Å². The van der Waals surface area contributed by atoms with Crippen molar-refractivity contribution >= 4 is 28.4 Å². The van der Waals surface area contributed by atoms with E-state index >= 15 is 0 Å². The molecule has 0 unspecified atom stereocenters. The van der Waals surface area contributed by atoms with Gasteiger partial charge in [0.25, 0.3) is 0 Å². The van der Waals surface area contributed by atoms with Gasteiger partial charge in [-0.05, 0) is 52.4 Å². The zero-order valence-electron chi connectivity index (χ0n) is 14.4. The van der Waals surface area contributed by atoms with Crippen LogP contribution in [0.4, 0.5) is 0 Å². The summed E-state index contributed by atoms with van der Waals surface area (Å²) in [6.07, 6.45) is 0.0989. The summed E-state index contributed by atoms with van der Waals surface area (Å²) in [5, 5.41) is 10.3.